The Morgan fingerprint density at radius 1 is 1.82 bits per heavy atom. The van der Waals surface area contributed by atoms with Crippen LogP contribution in [0.25, 0.3) is 0 Å². The van der Waals surface area contributed by atoms with E-state index in [1.54, 1.807) is 6.92 Å². The Balaban J connectivity index is 3.37. The minimum absolute atomic E-state index is 0.0340. The number of nitrogens with one attached hydrogen (secondary N) is 1. The highest BCUT2D eigenvalue weighted by Gasteiger charge is 2.03. The molecule has 0 aliphatic heterocycles. The summed E-state index contributed by atoms with van der Waals surface area (Å²) in [6.07, 6.45) is -0.279. The highest BCUT2D eigenvalue weighted by molar-refractivity contribution is 5.72. The van der Waals surface area contributed by atoms with Crippen LogP contribution in [0.4, 0.5) is 0 Å². The lowest BCUT2D eigenvalue weighted by Crippen LogP contribution is -2.41. The SMILES string of the molecule is CCOC(=O)CNC(N)C=O. The van der Waals surface area contributed by atoms with E-state index in [1.165, 1.54) is 0 Å². The number of aldehydes is 1. The molecule has 0 aromatic carbocycles. The van der Waals surface area contributed by atoms with Gasteiger partial charge in [-0.05, 0) is 6.92 Å². The Morgan fingerprint density at radius 3 is 2.91 bits per heavy atom. The van der Waals surface area contributed by atoms with Gasteiger partial charge in [-0.3, -0.25) is 10.1 Å². The minimum Gasteiger partial charge on any atom is -0.465 e. The van der Waals surface area contributed by atoms with Crippen molar-refractivity contribution in [3.63, 3.8) is 0 Å². The first-order chi connectivity index (χ1) is 5.20. The number of rotatable bonds is 5. The third-order valence-corrected chi connectivity index (χ3v) is 0.934. The molecular weight excluding hydrogens is 148 g/mol. The molecule has 0 saturated carbocycles. The van der Waals surface area contributed by atoms with Crippen molar-refractivity contribution in [2.45, 2.75) is 13.1 Å². The number of ether oxygens (including phenoxy) is 1. The Bertz CT molecular complexity index is 138. The highest BCUT2D eigenvalue weighted by Crippen LogP contribution is 1.74. The van der Waals surface area contributed by atoms with Crippen LogP contribution in [-0.4, -0.2) is 31.6 Å². The third-order valence-electron chi connectivity index (χ3n) is 0.934. The maximum atomic E-state index is 10.6. The highest BCUT2D eigenvalue weighted by atomic mass is 16.5. The predicted molar refractivity (Wildman–Crippen MR) is 38.7 cm³/mol. The van der Waals surface area contributed by atoms with Gasteiger partial charge in [0.15, 0.2) is 6.29 Å². The summed E-state index contributed by atoms with van der Waals surface area (Å²) in [6, 6.07) is 0. The van der Waals surface area contributed by atoms with Crippen LogP contribution in [0.15, 0.2) is 0 Å². The first-order valence-electron chi connectivity index (χ1n) is 3.30. The van der Waals surface area contributed by atoms with Crippen LogP contribution in [0.5, 0.6) is 0 Å². The van der Waals surface area contributed by atoms with Gasteiger partial charge in [0.05, 0.1) is 13.2 Å². The molecule has 1 atom stereocenters. The van der Waals surface area contributed by atoms with Crippen molar-refractivity contribution < 1.29 is 14.3 Å². The van der Waals surface area contributed by atoms with Crippen LogP contribution in [0.2, 0.25) is 0 Å². The number of esters is 1. The van der Waals surface area contributed by atoms with Gasteiger partial charge in [-0.15, -0.1) is 0 Å². The fraction of sp³-hybridized carbons (Fsp3) is 0.667. The zero-order chi connectivity index (χ0) is 8.69. The summed E-state index contributed by atoms with van der Waals surface area (Å²) in [5, 5.41) is 2.45. The average Bonchev–Trinajstić information content (AvgIpc) is 2.01. The molecule has 0 aromatic rings. The summed E-state index contributed by atoms with van der Waals surface area (Å²) in [6.45, 7) is 2.00. The number of carbonyl (C=O) groups excluding carboxylic acids is 2. The minimum atomic E-state index is -0.792. The van der Waals surface area contributed by atoms with Crippen molar-refractivity contribution in [1.82, 2.24) is 5.32 Å². The smallest absolute Gasteiger partial charge is 0.319 e. The fourth-order valence-electron chi connectivity index (χ4n) is 0.461. The number of nitrogens with two attached hydrogens (primary N) is 1. The van der Waals surface area contributed by atoms with E-state index >= 15 is 0 Å². The van der Waals surface area contributed by atoms with Gasteiger partial charge in [-0.2, -0.15) is 0 Å². The maximum Gasteiger partial charge on any atom is 0.319 e. The first-order valence-corrected chi connectivity index (χ1v) is 3.30. The van der Waals surface area contributed by atoms with Crippen LogP contribution < -0.4 is 11.1 Å². The lowest BCUT2D eigenvalue weighted by Gasteiger charge is -2.05. The van der Waals surface area contributed by atoms with E-state index in [2.05, 4.69) is 10.1 Å². The summed E-state index contributed by atoms with van der Waals surface area (Å²) >= 11 is 0. The molecule has 0 amide bonds. The lowest BCUT2D eigenvalue weighted by molar-refractivity contribution is -0.142. The van der Waals surface area contributed by atoms with E-state index in [-0.39, 0.29) is 6.54 Å². The van der Waals surface area contributed by atoms with Gasteiger partial charge >= 0.3 is 5.97 Å². The summed E-state index contributed by atoms with van der Waals surface area (Å²) in [5.41, 5.74) is 5.13. The van der Waals surface area contributed by atoms with Gasteiger partial charge in [0.1, 0.15) is 6.17 Å². The quantitative estimate of drug-likeness (QED) is 0.294. The zero-order valence-corrected chi connectivity index (χ0v) is 6.37. The monoisotopic (exact) mass is 160 g/mol. The molecule has 3 N–H and O–H groups in total. The van der Waals surface area contributed by atoms with E-state index < -0.39 is 12.1 Å². The average molecular weight is 160 g/mol. The molecule has 0 bridgehead atoms. The molecule has 5 heteroatoms. The van der Waals surface area contributed by atoms with E-state index in [1.807, 2.05) is 0 Å². The molecule has 0 rings (SSSR count). The van der Waals surface area contributed by atoms with Gasteiger partial charge < -0.3 is 15.3 Å². The molecule has 0 aliphatic carbocycles. The second-order valence-electron chi connectivity index (χ2n) is 1.85. The van der Waals surface area contributed by atoms with Crippen LogP contribution in [-0.2, 0) is 14.3 Å². The Kier molecular flexibility index (Phi) is 5.32. The van der Waals surface area contributed by atoms with Crippen LogP contribution in [0.1, 0.15) is 6.92 Å². The number of hydrogen-bond donors (Lipinski definition) is 2. The topological polar surface area (TPSA) is 81.4 Å². The molecule has 0 radical (unpaired) electrons. The molecule has 0 aliphatic rings. The molecule has 0 spiro atoms. The summed E-state index contributed by atoms with van der Waals surface area (Å²) in [4.78, 5) is 20.5. The summed E-state index contributed by atoms with van der Waals surface area (Å²) < 4.78 is 4.56. The number of carbonyl (C=O) groups is 2. The lowest BCUT2D eigenvalue weighted by atomic mass is 10.5. The van der Waals surface area contributed by atoms with Crippen molar-refractivity contribution in [3.8, 4) is 0 Å². The van der Waals surface area contributed by atoms with E-state index in [0.29, 0.717) is 12.9 Å². The zero-order valence-electron chi connectivity index (χ0n) is 6.37. The van der Waals surface area contributed by atoms with Gasteiger partial charge in [-0.1, -0.05) is 0 Å². The molecule has 0 saturated heterocycles. The van der Waals surface area contributed by atoms with Gasteiger partial charge in [-0.25, -0.2) is 0 Å². The van der Waals surface area contributed by atoms with Crippen molar-refractivity contribution >= 4 is 12.3 Å². The van der Waals surface area contributed by atoms with Crippen LogP contribution >= 0.6 is 0 Å². The van der Waals surface area contributed by atoms with E-state index in [9.17, 15) is 9.59 Å². The van der Waals surface area contributed by atoms with E-state index in [4.69, 9.17) is 5.73 Å². The summed E-state index contributed by atoms with van der Waals surface area (Å²) in [5.74, 6) is -0.412. The Morgan fingerprint density at radius 2 is 2.45 bits per heavy atom. The van der Waals surface area contributed by atoms with Crippen molar-refractivity contribution in [2.75, 3.05) is 13.2 Å². The standard InChI is InChI=1S/C6H12N2O3/c1-2-11-6(10)3-8-5(7)4-9/h4-5,8H,2-3,7H2,1H3. The van der Waals surface area contributed by atoms with Crippen molar-refractivity contribution in [2.24, 2.45) is 5.73 Å². The van der Waals surface area contributed by atoms with Crippen molar-refractivity contribution in [1.29, 1.82) is 0 Å². The molecule has 0 aromatic heterocycles. The van der Waals surface area contributed by atoms with Gasteiger partial charge in [0.2, 0.25) is 0 Å². The molecule has 64 valence electrons. The molecular formula is C6H12N2O3. The van der Waals surface area contributed by atoms with E-state index in [0.717, 1.165) is 0 Å². The third kappa shape index (κ3) is 5.50. The van der Waals surface area contributed by atoms with Gasteiger partial charge in [0, 0.05) is 0 Å². The molecule has 0 fully saturated rings. The number of hydrogen-bond acceptors (Lipinski definition) is 5. The maximum absolute atomic E-state index is 10.6. The van der Waals surface area contributed by atoms with Crippen molar-refractivity contribution in [3.05, 3.63) is 0 Å². The largest absolute Gasteiger partial charge is 0.465 e. The second-order valence-corrected chi connectivity index (χ2v) is 1.85. The molecule has 5 nitrogen and oxygen atoms in total. The van der Waals surface area contributed by atoms with Gasteiger partial charge in [0.25, 0.3) is 0 Å². The molecule has 11 heavy (non-hydrogen) atoms. The first kappa shape index (κ1) is 10.1. The second kappa shape index (κ2) is 5.82. The fourth-order valence-corrected chi connectivity index (χ4v) is 0.461. The molecule has 0 heterocycles. The Hall–Kier alpha value is -0.940. The predicted octanol–water partition coefficient (Wildman–Crippen LogP) is -1.38. The normalized spacial score (nSPS) is 12.2. The molecule has 1 unspecified atom stereocenters. The Labute approximate surface area is 64.9 Å². The van der Waals surface area contributed by atoms with Crippen LogP contribution in [0, 0.1) is 0 Å². The summed E-state index contributed by atoms with van der Waals surface area (Å²) in [7, 11) is 0. The van der Waals surface area contributed by atoms with Crippen LogP contribution in [0.3, 0.4) is 0 Å².